The molecule has 0 bridgehead atoms. The minimum absolute atomic E-state index is 0.864. The SMILES string of the molecule is C/C=C\C(C)=C(/C)Cl.CC. The van der Waals surface area contributed by atoms with E-state index in [2.05, 4.69) is 0 Å². The molecule has 0 heterocycles. The van der Waals surface area contributed by atoms with E-state index in [0.29, 0.717) is 0 Å². The summed E-state index contributed by atoms with van der Waals surface area (Å²) in [6.07, 6.45) is 3.96. The van der Waals surface area contributed by atoms with Gasteiger partial charge in [0.2, 0.25) is 0 Å². The molecule has 0 radical (unpaired) electrons. The number of hydrogen-bond acceptors (Lipinski definition) is 0. The van der Waals surface area contributed by atoms with E-state index in [1.807, 2.05) is 46.8 Å². The molecule has 0 aliphatic carbocycles. The first kappa shape index (κ1) is 12.4. The highest BCUT2D eigenvalue weighted by Gasteiger charge is 1.83. The third-order valence-electron chi connectivity index (χ3n) is 0.960. The molecule has 0 atom stereocenters. The standard InChI is InChI=1S/C7H11Cl.C2H6/c1-4-5-6(2)7(3)8;1-2/h4-5H,1-3H3;1-2H3/b5-4-,7-6+;. The fourth-order valence-electron chi connectivity index (χ4n) is 0.365. The molecule has 0 rings (SSSR count). The van der Waals surface area contributed by atoms with E-state index < -0.39 is 0 Å². The normalized spacial score (nSPS) is 12.2. The predicted molar refractivity (Wildman–Crippen MR) is 50.4 cm³/mol. The van der Waals surface area contributed by atoms with E-state index in [0.717, 1.165) is 10.6 Å². The van der Waals surface area contributed by atoms with Gasteiger partial charge in [-0.25, -0.2) is 0 Å². The van der Waals surface area contributed by atoms with Gasteiger partial charge >= 0.3 is 0 Å². The Labute approximate surface area is 69.6 Å². The third-order valence-corrected chi connectivity index (χ3v) is 1.26. The maximum absolute atomic E-state index is 5.64. The van der Waals surface area contributed by atoms with E-state index in [9.17, 15) is 0 Å². The van der Waals surface area contributed by atoms with Crippen LogP contribution in [-0.4, -0.2) is 0 Å². The largest absolute Gasteiger partial charge is 0.0892 e. The van der Waals surface area contributed by atoms with E-state index in [4.69, 9.17) is 11.6 Å². The Morgan fingerprint density at radius 1 is 1.20 bits per heavy atom. The predicted octanol–water partition coefficient (Wildman–Crippen LogP) is 4.12. The minimum Gasteiger partial charge on any atom is -0.0892 e. The van der Waals surface area contributed by atoms with Crippen LogP contribution in [0.1, 0.15) is 34.6 Å². The van der Waals surface area contributed by atoms with Crippen LogP contribution in [0.25, 0.3) is 0 Å². The average Bonchev–Trinajstić information content (AvgIpc) is 1.93. The summed E-state index contributed by atoms with van der Waals surface area (Å²) in [5.41, 5.74) is 1.13. The summed E-state index contributed by atoms with van der Waals surface area (Å²) in [5.74, 6) is 0. The monoisotopic (exact) mass is 160 g/mol. The van der Waals surface area contributed by atoms with Crippen molar-refractivity contribution in [3.63, 3.8) is 0 Å². The van der Waals surface area contributed by atoms with E-state index in [1.165, 1.54) is 0 Å². The summed E-state index contributed by atoms with van der Waals surface area (Å²) in [6.45, 7) is 9.85. The highest BCUT2D eigenvalue weighted by molar-refractivity contribution is 6.29. The topological polar surface area (TPSA) is 0 Å². The first-order valence-corrected chi connectivity index (χ1v) is 4.02. The molecule has 0 N–H and O–H groups in total. The molecule has 10 heavy (non-hydrogen) atoms. The van der Waals surface area contributed by atoms with Crippen LogP contribution in [-0.2, 0) is 0 Å². The van der Waals surface area contributed by atoms with Crippen molar-refractivity contribution in [3.8, 4) is 0 Å². The second kappa shape index (κ2) is 8.77. The van der Waals surface area contributed by atoms with Gasteiger partial charge in [-0.15, -0.1) is 0 Å². The minimum atomic E-state index is 0.864. The molecule has 1 heteroatoms. The van der Waals surface area contributed by atoms with Crippen LogP contribution < -0.4 is 0 Å². The molecule has 0 nitrogen and oxygen atoms in total. The van der Waals surface area contributed by atoms with Crippen molar-refractivity contribution in [2.24, 2.45) is 0 Å². The van der Waals surface area contributed by atoms with Gasteiger partial charge in [0.1, 0.15) is 0 Å². The van der Waals surface area contributed by atoms with Crippen LogP contribution in [0.4, 0.5) is 0 Å². The average molecular weight is 161 g/mol. The van der Waals surface area contributed by atoms with Crippen molar-refractivity contribution >= 4 is 11.6 Å². The van der Waals surface area contributed by atoms with Crippen molar-refractivity contribution in [1.82, 2.24) is 0 Å². The molecule has 0 aromatic heterocycles. The quantitative estimate of drug-likeness (QED) is 0.507. The molecule has 0 fully saturated rings. The van der Waals surface area contributed by atoms with Gasteiger partial charge in [-0.3, -0.25) is 0 Å². The fourth-order valence-corrected chi connectivity index (χ4v) is 0.428. The Bertz CT molecular complexity index is 117. The summed E-state index contributed by atoms with van der Waals surface area (Å²) < 4.78 is 0. The first-order chi connectivity index (χ1) is 4.68. The molecular weight excluding hydrogens is 144 g/mol. The Balaban J connectivity index is 0. The summed E-state index contributed by atoms with van der Waals surface area (Å²) >= 11 is 5.64. The second-order valence-electron chi connectivity index (χ2n) is 1.72. The zero-order chi connectivity index (χ0) is 8.57. The number of rotatable bonds is 1. The Morgan fingerprint density at radius 2 is 1.60 bits per heavy atom. The van der Waals surface area contributed by atoms with Gasteiger partial charge in [0.05, 0.1) is 0 Å². The molecule has 60 valence electrons. The van der Waals surface area contributed by atoms with Crippen molar-refractivity contribution in [3.05, 3.63) is 22.8 Å². The van der Waals surface area contributed by atoms with Crippen molar-refractivity contribution < 1.29 is 0 Å². The van der Waals surface area contributed by atoms with Crippen LogP contribution in [0.5, 0.6) is 0 Å². The molecule has 0 aliphatic heterocycles. The summed E-state index contributed by atoms with van der Waals surface area (Å²) in [7, 11) is 0. The van der Waals surface area contributed by atoms with Crippen molar-refractivity contribution in [1.29, 1.82) is 0 Å². The Kier molecular flexibility index (Phi) is 10.9. The molecule has 0 amide bonds. The van der Waals surface area contributed by atoms with E-state index in [1.54, 1.807) is 0 Å². The number of allylic oxidation sites excluding steroid dienone is 4. The van der Waals surface area contributed by atoms with Gasteiger partial charge in [-0.1, -0.05) is 37.6 Å². The van der Waals surface area contributed by atoms with E-state index in [-0.39, 0.29) is 0 Å². The zero-order valence-electron chi connectivity index (χ0n) is 7.53. The zero-order valence-corrected chi connectivity index (χ0v) is 8.29. The molecular formula is C9H17Cl. The summed E-state index contributed by atoms with van der Waals surface area (Å²) in [6, 6.07) is 0. The molecule has 0 unspecified atom stereocenters. The Morgan fingerprint density at radius 3 is 1.70 bits per heavy atom. The molecule has 0 aromatic rings. The molecule has 0 saturated heterocycles. The van der Waals surface area contributed by atoms with Gasteiger partial charge in [0.15, 0.2) is 0 Å². The van der Waals surface area contributed by atoms with Crippen LogP contribution in [0, 0.1) is 0 Å². The number of hydrogen-bond donors (Lipinski definition) is 0. The molecule has 0 saturated carbocycles. The Hall–Kier alpha value is -0.230. The third kappa shape index (κ3) is 7.77. The summed E-state index contributed by atoms with van der Waals surface area (Å²) in [4.78, 5) is 0. The lowest BCUT2D eigenvalue weighted by Gasteiger charge is -1.89. The second-order valence-corrected chi connectivity index (χ2v) is 2.28. The lowest BCUT2D eigenvalue weighted by molar-refractivity contribution is 1.43. The van der Waals surface area contributed by atoms with Gasteiger partial charge in [-0.2, -0.15) is 0 Å². The van der Waals surface area contributed by atoms with Crippen molar-refractivity contribution in [2.45, 2.75) is 34.6 Å². The van der Waals surface area contributed by atoms with Crippen molar-refractivity contribution in [2.75, 3.05) is 0 Å². The highest BCUT2D eigenvalue weighted by atomic mass is 35.5. The lowest BCUT2D eigenvalue weighted by Crippen LogP contribution is -1.67. The smallest absolute Gasteiger partial charge is 0.0179 e. The number of halogens is 1. The van der Waals surface area contributed by atoms with Crippen LogP contribution in [0.15, 0.2) is 22.8 Å². The van der Waals surface area contributed by atoms with Crippen LogP contribution >= 0.6 is 11.6 Å². The molecule has 0 aromatic carbocycles. The lowest BCUT2D eigenvalue weighted by atomic mass is 10.3. The molecule has 0 aliphatic rings. The van der Waals surface area contributed by atoms with Gasteiger partial charge < -0.3 is 0 Å². The highest BCUT2D eigenvalue weighted by Crippen LogP contribution is 2.07. The van der Waals surface area contributed by atoms with E-state index >= 15 is 0 Å². The fraction of sp³-hybridized carbons (Fsp3) is 0.556. The first-order valence-electron chi connectivity index (χ1n) is 3.64. The van der Waals surface area contributed by atoms with Crippen LogP contribution in [0.2, 0.25) is 0 Å². The van der Waals surface area contributed by atoms with Gasteiger partial charge in [-0.05, 0) is 26.3 Å². The van der Waals surface area contributed by atoms with Gasteiger partial charge in [0.25, 0.3) is 0 Å². The molecule has 0 spiro atoms. The van der Waals surface area contributed by atoms with Gasteiger partial charge in [0, 0.05) is 5.03 Å². The maximum Gasteiger partial charge on any atom is 0.0179 e. The maximum atomic E-state index is 5.64. The summed E-state index contributed by atoms with van der Waals surface area (Å²) in [5, 5.41) is 0.864. The van der Waals surface area contributed by atoms with Crippen LogP contribution in [0.3, 0.4) is 0 Å².